The number of aromatic nitrogens is 4. The summed E-state index contributed by atoms with van der Waals surface area (Å²) in [5.41, 5.74) is 0.431. The molecule has 13 heteroatoms. The summed E-state index contributed by atoms with van der Waals surface area (Å²) in [7, 11) is -3.97. The van der Waals surface area contributed by atoms with Crippen molar-refractivity contribution in [1.82, 2.24) is 20.4 Å². The molecule has 0 aliphatic rings. The van der Waals surface area contributed by atoms with Gasteiger partial charge < -0.3 is 0 Å². The molecule has 0 saturated heterocycles. The Morgan fingerprint density at radius 1 is 1.07 bits per heavy atom. The first kappa shape index (κ1) is 20.6. The first-order valence-electron chi connectivity index (χ1n) is 8.02. The minimum atomic E-state index is -3.97. The van der Waals surface area contributed by atoms with Gasteiger partial charge in [0, 0.05) is 11.3 Å². The van der Waals surface area contributed by atoms with Gasteiger partial charge in [0.1, 0.15) is 0 Å². The number of thioether (sulfide) groups is 1. The van der Waals surface area contributed by atoms with E-state index in [1.54, 1.807) is 30.3 Å². The maximum Gasteiger partial charge on any atom is 0.293 e. The average molecular weight is 457 g/mol. The number of amides is 1. The molecule has 28 heavy (non-hydrogen) atoms. The lowest BCUT2D eigenvalue weighted by Crippen LogP contribution is -2.12. The highest BCUT2D eigenvalue weighted by molar-refractivity contribution is 8.01. The minimum Gasteiger partial charge on any atom is -0.296 e. The van der Waals surface area contributed by atoms with E-state index in [1.165, 1.54) is 11.8 Å². The number of carbonyl (C=O) groups is 1. The second-order valence-corrected chi connectivity index (χ2v) is 11.0. The Hall–Kier alpha value is -2.09. The van der Waals surface area contributed by atoms with Crippen LogP contribution in [-0.2, 0) is 10.0 Å². The zero-order valence-corrected chi connectivity index (χ0v) is 18.1. The van der Waals surface area contributed by atoms with Crippen molar-refractivity contribution < 1.29 is 13.2 Å². The van der Waals surface area contributed by atoms with E-state index in [9.17, 15) is 13.2 Å². The average Bonchev–Trinajstić information content (AvgIpc) is 3.30. The molecule has 148 valence electrons. The molecule has 0 bridgehead atoms. The van der Waals surface area contributed by atoms with E-state index in [1.807, 2.05) is 0 Å². The van der Waals surface area contributed by atoms with E-state index in [0.29, 0.717) is 15.8 Å². The predicted molar refractivity (Wildman–Crippen MR) is 111 cm³/mol. The van der Waals surface area contributed by atoms with Crippen LogP contribution in [0.25, 0.3) is 0 Å². The Balaban J connectivity index is 1.65. The first-order valence-corrected chi connectivity index (χ1v) is 12.1. The van der Waals surface area contributed by atoms with Gasteiger partial charge in [-0.15, -0.1) is 20.4 Å². The van der Waals surface area contributed by atoms with Crippen molar-refractivity contribution in [2.75, 3.05) is 15.8 Å². The zero-order valence-electron chi connectivity index (χ0n) is 14.8. The quantitative estimate of drug-likeness (QED) is 0.391. The SMILES string of the molecule is CC(C)CSc1nnc(NS(=O)(=O)c2nnc(NC(=O)c3ccccc3)s2)s1. The normalized spacial score (nSPS) is 11.5. The van der Waals surface area contributed by atoms with Crippen molar-refractivity contribution in [1.29, 1.82) is 0 Å². The molecule has 0 atom stereocenters. The standard InChI is InChI=1S/C15H16N6O3S4/c1-9(2)8-25-14-19-18-13(26-14)21-28(23,24)15-20-17-12(27-15)16-11(22)10-6-4-3-5-7-10/h3-7,9H,8H2,1-2H3,(H,18,21)(H,16,17,22). The maximum absolute atomic E-state index is 12.5. The molecule has 9 nitrogen and oxygen atoms in total. The number of nitrogens with one attached hydrogen (secondary N) is 2. The molecule has 3 aromatic rings. The summed E-state index contributed by atoms with van der Waals surface area (Å²) in [5, 5.41) is 17.9. The fraction of sp³-hybridized carbons (Fsp3) is 0.267. The van der Waals surface area contributed by atoms with Gasteiger partial charge in [-0.25, -0.2) is 0 Å². The summed E-state index contributed by atoms with van der Waals surface area (Å²) < 4.78 is 27.7. The lowest BCUT2D eigenvalue weighted by Gasteiger charge is -2.00. The molecule has 0 fully saturated rings. The highest BCUT2D eigenvalue weighted by Gasteiger charge is 2.23. The first-order chi connectivity index (χ1) is 13.3. The highest BCUT2D eigenvalue weighted by atomic mass is 32.2. The number of sulfonamides is 1. The van der Waals surface area contributed by atoms with Crippen LogP contribution >= 0.6 is 34.4 Å². The molecular formula is C15H16N6O3S4. The molecule has 0 unspecified atom stereocenters. The highest BCUT2D eigenvalue weighted by Crippen LogP contribution is 2.29. The molecule has 0 aliphatic heterocycles. The molecule has 3 rings (SSSR count). The minimum absolute atomic E-state index is 0.0830. The second kappa shape index (κ2) is 8.94. The van der Waals surface area contributed by atoms with Gasteiger partial charge in [0.25, 0.3) is 20.3 Å². The summed E-state index contributed by atoms with van der Waals surface area (Å²) in [6.45, 7) is 4.17. The largest absolute Gasteiger partial charge is 0.296 e. The second-order valence-electron chi connectivity index (χ2n) is 5.88. The van der Waals surface area contributed by atoms with Crippen LogP contribution in [0.5, 0.6) is 0 Å². The number of rotatable bonds is 8. The monoisotopic (exact) mass is 456 g/mol. The topological polar surface area (TPSA) is 127 Å². The van der Waals surface area contributed by atoms with E-state index < -0.39 is 15.9 Å². The number of hydrogen-bond acceptors (Lipinski definition) is 10. The number of carbonyl (C=O) groups excluding carboxylic acids is 1. The van der Waals surface area contributed by atoms with Crippen LogP contribution in [0.2, 0.25) is 0 Å². The van der Waals surface area contributed by atoms with Crippen LogP contribution in [0.4, 0.5) is 10.3 Å². The molecule has 2 N–H and O–H groups in total. The molecule has 0 radical (unpaired) electrons. The lowest BCUT2D eigenvalue weighted by molar-refractivity contribution is 0.102. The lowest BCUT2D eigenvalue weighted by atomic mass is 10.2. The van der Waals surface area contributed by atoms with Crippen LogP contribution in [0.15, 0.2) is 39.0 Å². The Labute approximate surface area is 174 Å². The number of anilines is 2. The molecule has 0 saturated carbocycles. The van der Waals surface area contributed by atoms with Gasteiger partial charge in [0.2, 0.25) is 10.3 Å². The molecule has 2 heterocycles. The van der Waals surface area contributed by atoms with Crippen LogP contribution in [-0.4, -0.2) is 40.5 Å². The third-order valence-corrected chi connectivity index (χ3v) is 8.13. The van der Waals surface area contributed by atoms with Crippen molar-refractivity contribution in [3.63, 3.8) is 0 Å². The van der Waals surface area contributed by atoms with Crippen molar-refractivity contribution in [3.05, 3.63) is 35.9 Å². The fourth-order valence-corrected chi connectivity index (χ4v) is 5.69. The summed E-state index contributed by atoms with van der Waals surface area (Å²) in [4.78, 5) is 12.1. The van der Waals surface area contributed by atoms with E-state index in [2.05, 4.69) is 44.3 Å². The molecule has 1 aromatic carbocycles. The van der Waals surface area contributed by atoms with Gasteiger partial charge in [0.15, 0.2) is 4.34 Å². The molecule has 0 aliphatic carbocycles. The van der Waals surface area contributed by atoms with E-state index in [-0.39, 0.29) is 14.6 Å². The van der Waals surface area contributed by atoms with Crippen LogP contribution < -0.4 is 10.0 Å². The van der Waals surface area contributed by atoms with Gasteiger partial charge in [-0.2, -0.15) is 8.42 Å². The summed E-state index contributed by atoms with van der Waals surface area (Å²) in [5.74, 6) is 0.951. The van der Waals surface area contributed by atoms with E-state index in [0.717, 1.165) is 28.4 Å². The fourth-order valence-electron chi connectivity index (χ4n) is 1.83. The number of hydrogen-bond donors (Lipinski definition) is 2. The number of nitrogens with zero attached hydrogens (tertiary/aromatic N) is 4. The Morgan fingerprint density at radius 3 is 2.50 bits per heavy atom. The molecule has 2 aromatic heterocycles. The maximum atomic E-state index is 12.5. The summed E-state index contributed by atoms with van der Waals surface area (Å²) >= 11 is 3.42. The third-order valence-electron chi connectivity index (χ3n) is 3.06. The van der Waals surface area contributed by atoms with Crippen LogP contribution in [0.3, 0.4) is 0 Å². The Kier molecular flexibility index (Phi) is 6.59. The van der Waals surface area contributed by atoms with Crippen molar-refractivity contribution >= 4 is 60.6 Å². The van der Waals surface area contributed by atoms with Gasteiger partial charge >= 0.3 is 0 Å². The van der Waals surface area contributed by atoms with Crippen molar-refractivity contribution in [2.45, 2.75) is 22.5 Å². The predicted octanol–water partition coefficient (Wildman–Crippen LogP) is 3.19. The Morgan fingerprint density at radius 2 is 1.79 bits per heavy atom. The van der Waals surface area contributed by atoms with Gasteiger partial charge in [0.05, 0.1) is 0 Å². The zero-order chi connectivity index (χ0) is 20.1. The van der Waals surface area contributed by atoms with Gasteiger partial charge in [-0.3, -0.25) is 14.8 Å². The molecule has 0 spiro atoms. The van der Waals surface area contributed by atoms with Gasteiger partial charge in [-0.05, 0) is 18.1 Å². The van der Waals surface area contributed by atoms with E-state index in [4.69, 9.17) is 0 Å². The van der Waals surface area contributed by atoms with Crippen LogP contribution in [0.1, 0.15) is 24.2 Å². The van der Waals surface area contributed by atoms with Crippen LogP contribution in [0, 0.1) is 5.92 Å². The van der Waals surface area contributed by atoms with Crippen molar-refractivity contribution in [2.24, 2.45) is 5.92 Å². The third kappa shape index (κ3) is 5.47. The van der Waals surface area contributed by atoms with E-state index >= 15 is 0 Å². The Bertz CT molecular complexity index is 1050. The van der Waals surface area contributed by atoms with Crippen molar-refractivity contribution in [3.8, 4) is 0 Å². The molecular weight excluding hydrogens is 440 g/mol. The van der Waals surface area contributed by atoms with Gasteiger partial charge in [-0.1, -0.05) is 66.5 Å². The summed E-state index contributed by atoms with van der Waals surface area (Å²) in [6, 6.07) is 8.52. The molecule has 1 amide bonds. The number of benzene rings is 1. The smallest absolute Gasteiger partial charge is 0.293 e. The summed E-state index contributed by atoms with van der Waals surface area (Å²) in [6.07, 6.45) is 0.